The Kier molecular flexibility index (Phi) is 47.1. The molecule has 374 valence electrons. The van der Waals surface area contributed by atoms with Crippen molar-refractivity contribution >= 4 is 17.9 Å². The Morgan fingerprint density at radius 2 is 0.460 bits per heavy atom. The van der Waals surface area contributed by atoms with Gasteiger partial charge in [-0.3, -0.25) is 14.4 Å². The van der Waals surface area contributed by atoms with Crippen LogP contribution in [0, 0.1) is 17.8 Å². The standard InChI is InChI=1S/C57H110O6/c1-51(2)43-37-31-25-20-16-13-11-9-7-8-10-12-14-18-23-29-36-42-48-57(60)63-54(50-62-56(59)47-41-35-30-24-27-33-39-45-53(5)6)49-61-55(58)46-40-34-28-22-19-15-17-21-26-32-38-44-52(3)4/h51-54H,7-50H2,1-6H3/t54-/m0/s1. The topological polar surface area (TPSA) is 78.9 Å². The summed E-state index contributed by atoms with van der Waals surface area (Å²) >= 11 is 0. The van der Waals surface area contributed by atoms with Crippen LogP contribution in [0.3, 0.4) is 0 Å². The molecule has 1 atom stereocenters. The molecule has 0 fully saturated rings. The summed E-state index contributed by atoms with van der Waals surface area (Å²) in [7, 11) is 0. The smallest absolute Gasteiger partial charge is 0.306 e. The van der Waals surface area contributed by atoms with E-state index in [4.69, 9.17) is 14.2 Å². The number of hydrogen-bond donors (Lipinski definition) is 0. The normalized spacial score (nSPS) is 12.1. The largest absolute Gasteiger partial charge is 0.462 e. The van der Waals surface area contributed by atoms with Gasteiger partial charge in [-0.2, -0.15) is 0 Å². The molecule has 6 heteroatoms. The third-order valence-electron chi connectivity index (χ3n) is 12.9. The molecule has 0 unspecified atom stereocenters. The fourth-order valence-electron chi connectivity index (χ4n) is 8.65. The first-order chi connectivity index (χ1) is 30.6. The first kappa shape index (κ1) is 61.4. The van der Waals surface area contributed by atoms with Gasteiger partial charge in [0.25, 0.3) is 0 Å². The van der Waals surface area contributed by atoms with Crippen LogP contribution < -0.4 is 0 Å². The van der Waals surface area contributed by atoms with Crippen molar-refractivity contribution in [3.8, 4) is 0 Å². The summed E-state index contributed by atoms with van der Waals surface area (Å²) in [5.74, 6) is 1.62. The number of esters is 3. The third-order valence-corrected chi connectivity index (χ3v) is 12.9. The quantitative estimate of drug-likeness (QED) is 0.0344. The van der Waals surface area contributed by atoms with Gasteiger partial charge in [-0.1, -0.05) is 273 Å². The summed E-state index contributed by atoms with van der Waals surface area (Å²) in [6.45, 7) is 13.7. The minimum absolute atomic E-state index is 0.0646. The van der Waals surface area contributed by atoms with Crippen LogP contribution >= 0.6 is 0 Å². The van der Waals surface area contributed by atoms with Crippen molar-refractivity contribution < 1.29 is 28.6 Å². The second-order valence-corrected chi connectivity index (χ2v) is 21.0. The number of ether oxygens (including phenoxy) is 3. The number of carbonyl (C=O) groups excluding carboxylic acids is 3. The number of rotatable bonds is 50. The molecule has 0 aromatic heterocycles. The van der Waals surface area contributed by atoms with E-state index in [9.17, 15) is 14.4 Å². The molecule has 0 bridgehead atoms. The Hall–Kier alpha value is -1.59. The van der Waals surface area contributed by atoms with Gasteiger partial charge in [0.1, 0.15) is 13.2 Å². The van der Waals surface area contributed by atoms with E-state index < -0.39 is 6.10 Å². The Balaban J connectivity index is 4.23. The summed E-state index contributed by atoms with van der Waals surface area (Å²) in [6.07, 6.45) is 49.7. The van der Waals surface area contributed by atoms with Crippen molar-refractivity contribution in [3.05, 3.63) is 0 Å². The fourth-order valence-corrected chi connectivity index (χ4v) is 8.65. The minimum Gasteiger partial charge on any atom is -0.462 e. The lowest BCUT2D eigenvalue weighted by Gasteiger charge is -2.18. The lowest BCUT2D eigenvalue weighted by Crippen LogP contribution is -2.30. The zero-order chi connectivity index (χ0) is 46.3. The summed E-state index contributed by atoms with van der Waals surface area (Å²) in [5, 5.41) is 0. The van der Waals surface area contributed by atoms with E-state index in [1.807, 2.05) is 0 Å². The third kappa shape index (κ3) is 51.3. The van der Waals surface area contributed by atoms with Gasteiger partial charge < -0.3 is 14.2 Å². The zero-order valence-corrected chi connectivity index (χ0v) is 43.4. The Morgan fingerprint density at radius 1 is 0.270 bits per heavy atom. The van der Waals surface area contributed by atoms with Crippen LogP contribution in [0.1, 0.15) is 311 Å². The van der Waals surface area contributed by atoms with Crippen LogP contribution in [0.4, 0.5) is 0 Å². The van der Waals surface area contributed by atoms with Gasteiger partial charge in [-0.05, 0) is 37.0 Å². The van der Waals surface area contributed by atoms with Crippen molar-refractivity contribution in [2.45, 2.75) is 317 Å². The van der Waals surface area contributed by atoms with Gasteiger partial charge in [-0.25, -0.2) is 0 Å². The highest BCUT2D eigenvalue weighted by molar-refractivity contribution is 5.71. The molecule has 0 aromatic carbocycles. The molecular weight excluding hydrogens is 781 g/mol. The maximum atomic E-state index is 12.8. The van der Waals surface area contributed by atoms with Crippen molar-refractivity contribution in [2.24, 2.45) is 17.8 Å². The average molecular weight is 892 g/mol. The van der Waals surface area contributed by atoms with Crippen LogP contribution in [0.2, 0.25) is 0 Å². The average Bonchev–Trinajstić information content (AvgIpc) is 3.24. The molecule has 0 aliphatic rings. The molecule has 0 N–H and O–H groups in total. The van der Waals surface area contributed by atoms with Crippen molar-refractivity contribution in [3.63, 3.8) is 0 Å². The van der Waals surface area contributed by atoms with Crippen LogP contribution in [-0.4, -0.2) is 37.2 Å². The Morgan fingerprint density at radius 3 is 0.683 bits per heavy atom. The van der Waals surface area contributed by atoms with E-state index in [0.717, 1.165) is 75.5 Å². The molecule has 0 amide bonds. The Labute approximate surface area is 393 Å². The molecular formula is C57H110O6. The molecule has 6 nitrogen and oxygen atoms in total. The summed E-state index contributed by atoms with van der Waals surface area (Å²) in [4.78, 5) is 38.0. The van der Waals surface area contributed by atoms with E-state index in [0.29, 0.717) is 19.3 Å². The highest BCUT2D eigenvalue weighted by Gasteiger charge is 2.19. The van der Waals surface area contributed by atoms with Gasteiger partial charge in [0, 0.05) is 19.3 Å². The molecule has 0 saturated heterocycles. The molecule has 0 radical (unpaired) electrons. The van der Waals surface area contributed by atoms with Crippen molar-refractivity contribution in [2.75, 3.05) is 13.2 Å². The number of hydrogen-bond acceptors (Lipinski definition) is 6. The van der Waals surface area contributed by atoms with Crippen LogP contribution in [0.5, 0.6) is 0 Å². The molecule has 0 aliphatic heterocycles. The lowest BCUT2D eigenvalue weighted by atomic mass is 10.0. The maximum absolute atomic E-state index is 12.8. The van der Waals surface area contributed by atoms with E-state index in [1.54, 1.807) is 0 Å². The SMILES string of the molecule is CC(C)CCCCCCCCCCCCCCCCCCCCC(=O)O[C@@H](COC(=O)CCCCCCCCCCCCCC(C)C)COC(=O)CCCCCCCCCC(C)C. The second-order valence-electron chi connectivity index (χ2n) is 21.0. The van der Waals surface area contributed by atoms with E-state index in [1.165, 1.54) is 193 Å². The van der Waals surface area contributed by atoms with E-state index in [2.05, 4.69) is 41.5 Å². The second kappa shape index (κ2) is 48.3. The summed E-state index contributed by atoms with van der Waals surface area (Å²) in [5.41, 5.74) is 0. The van der Waals surface area contributed by atoms with Gasteiger partial charge in [0.05, 0.1) is 0 Å². The zero-order valence-electron chi connectivity index (χ0n) is 43.4. The number of carbonyl (C=O) groups is 3. The van der Waals surface area contributed by atoms with E-state index >= 15 is 0 Å². The molecule has 0 heterocycles. The predicted octanol–water partition coefficient (Wildman–Crippen LogP) is 18.3. The highest BCUT2D eigenvalue weighted by Crippen LogP contribution is 2.18. The molecule has 0 rings (SSSR count). The van der Waals surface area contributed by atoms with Crippen LogP contribution in [-0.2, 0) is 28.6 Å². The molecule has 0 saturated carbocycles. The van der Waals surface area contributed by atoms with Gasteiger partial charge in [-0.15, -0.1) is 0 Å². The predicted molar refractivity (Wildman–Crippen MR) is 270 cm³/mol. The molecule has 0 spiro atoms. The first-order valence-electron chi connectivity index (χ1n) is 28.1. The van der Waals surface area contributed by atoms with Crippen molar-refractivity contribution in [1.29, 1.82) is 0 Å². The Bertz CT molecular complexity index is 976. The fraction of sp³-hybridized carbons (Fsp3) is 0.947. The highest BCUT2D eigenvalue weighted by atomic mass is 16.6. The van der Waals surface area contributed by atoms with Crippen LogP contribution in [0.25, 0.3) is 0 Å². The van der Waals surface area contributed by atoms with Crippen molar-refractivity contribution in [1.82, 2.24) is 0 Å². The maximum Gasteiger partial charge on any atom is 0.306 e. The first-order valence-corrected chi connectivity index (χ1v) is 28.1. The monoisotopic (exact) mass is 891 g/mol. The van der Waals surface area contributed by atoms with Gasteiger partial charge >= 0.3 is 17.9 Å². The van der Waals surface area contributed by atoms with Crippen LogP contribution in [0.15, 0.2) is 0 Å². The molecule has 63 heavy (non-hydrogen) atoms. The van der Waals surface area contributed by atoms with Gasteiger partial charge in [0.15, 0.2) is 6.10 Å². The molecule has 0 aromatic rings. The number of unbranched alkanes of at least 4 members (excludes halogenated alkanes) is 33. The minimum atomic E-state index is -0.763. The lowest BCUT2D eigenvalue weighted by molar-refractivity contribution is -0.167. The molecule has 0 aliphatic carbocycles. The van der Waals surface area contributed by atoms with E-state index in [-0.39, 0.29) is 31.1 Å². The summed E-state index contributed by atoms with van der Waals surface area (Å²) in [6, 6.07) is 0. The van der Waals surface area contributed by atoms with Gasteiger partial charge in [0.2, 0.25) is 0 Å². The summed E-state index contributed by atoms with van der Waals surface area (Å²) < 4.78 is 16.8.